The number of ether oxygens (including phenoxy) is 2. The molecule has 5 heteroatoms. The number of hydrogen-bond donors (Lipinski definition) is 1. The van der Waals surface area contributed by atoms with Gasteiger partial charge in [0.2, 0.25) is 0 Å². The van der Waals surface area contributed by atoms with Crippen LogP contribution in [0, 0.1) is 5.92 Å². The maximum Gasteiger partial charge on any atom is 0.264 e. The first kappa shape index (κ1) is 18.7. The number of carbonyl (C=O) groups excluding carboxylic acids is 1. The van der Waals surface area contributed by atoms with E-state index in [9.17, 15) is 4.79 Å². The van der Waals surface area contributed by atoms with E-state index in [0.717, 1.165) is 48.7 Å². The van der Waals surface area contributed by atoms with Crippen LogP contribution in [0.15, 0.2) is 72.8 Å². The molecule has 1 unspecified atom stereocenters. The van der Waals surface area contributed by atoms with Gasteiger partial charge >= 0.3 is 0 Å². The van der Waals surface area contributed by atoms with Gasteiger partial charge in [0, 0.05) is 18.2 Å². The van der Waals surface area contributed by atoms with Gasteiger partial charge in [-0.1, -0.05) is 36.4 Å². The van der Waals surface area contributed by atoms with E-state index in [4.69, 9.17) is 9.47 Å². The van der Waals surface area contributed by atoms with E-state index in [1.165, 1.54) is 0 Å². The van der Waals surface area contributed by atoms with Crippen molar-refractivity contribution in [3.05, 3.63) is 78.4 Å². The van der Waals surface area contributed by atoms with Crippen molar-refractivity contribution in [2.24, 2.45) is 5.92 Å². The second kappa shape index (κ2) is 8.20. The van der Waals surface area contributed by atoms with E-state index < -0.39 is 0 Å². The van der Waals surface area contributed by atoms with Crippen LogP contribution < -0.4 is 19.7 Å². The Morgan fingerprint density at radius 2 is 1.83 bits per heavy atom. The number of anilines is 1. The summed E-state index contributed by atoms with van der Waals surface area (Å²) < 4.78 is 11.8. The molecule has 1 saturated heterocycles. The van der Waals surface area contributed by atoms with Crippen LogP contribution in [0.25, 0.3) is 11.1 Å². The predicted octanol–water partition coefficient (Wildman–Crippen LogP) is 4.34. The number of nitrogens with zero attached hydrogens (tertiary/aromatic N) is 1. The van der Waals surface area contributed by atoms with E-state index in [0.29, 0.717) is 17.2 Å². The zero-order valence-electron chi connectivity index (χ0n) is 16.7. The molecule has 0 bridgehead atoms. The molecule has 0 aliphatic carbocycles. The van der Waals surface area contributed by atoms with E-state index >= 15 is 0 Å². The Labute approximate surface area is 176 Å². The van der Waals surface area contributed by atoms with E-state index in [2.05, 4.69) is 5.32 Å². The number of fused-ring (bicyclic) bond motifs is 1. The second-order valence-corrected chi connectivity index (χ2v) is 7.75. The minimum atomic E-state index is -0.0541. The molecule has 0 radical (unpaired) electrons. The van der Waals surface area contributed by atoms with Gasteiger partial charge < -0.3 is 14.8 Å². The molecule has 2 aliphatic heterocycles. The zero-order valence-corrected chi connectivity index (χ0v) is 16.7. The Morgan fingerprint density at radius 3 is 2.60 bits per heavy atom. The fraction of sp³-hybridized carbons (Fsp3) is 0.240. The highest BCUT2D eigenvalue weighted by atomic mass is 16.5. The molecule has 0 saturated carbocycles. The van der Waals surface area contributed by atoms with Crippen molar-refractivity contribution in [3.8, 4) is 22.6 Å². The lowest BCUT2D eigenvalue weighted by atomic mass is 10.0. The van der Waals surface area contributed by atoms with Crippen molar-refractivity contribution in [1.82, 2.24) is 5.32 Å². The fourth-order valence-electron chi connectivity index (χ4n) is 3.95. The maximum atomic E-state index is 13.1. The highest BCUT2D eigenvalue weighted by Crippen LogP contribution is 2.33. The van der Waals surface area contributed by atoms with Crippen molar-refractivity contribution in [2.45, 2.75) is 6.42 Å². The number of amides is 1. The molecular weight excluding hydrogens is 376 g/mol. The highest BCUT2D eigenvalue weighted by molar-refractivity contribution is 6.09. The molecule has 152 valence electrons. The van der Waals surface area contributed by atoms with Gasteiger partial charge in [-0.3, -0.25) is 9.69 Å². The monoisotopic (exact) mass is 400 g/mol. The summed E-state index contributed by atoms with van der Waals surface area (Å²) in [4.78, 5) is 14.7. The third-order valence-corrected chi connectivity index (χ3v) is 5.71. The molecule has 1 N–H and O–H groups in total. The summed E-state index contributed by atoms with van der Waals surface area (Å²) in [6, 6.07) is 23.5. The Hall–Kier alpha value is -3.31. The fourth-order valence-corrected chi connectivity index (χ4v) is 3.95. The number of carbonyl (C=O) groups is 1. The summed E-state index contributed by atoms with van der Waals surface area (Å²) in [6.45, 7) is 2.99. The first-order valence-corrected chi connectivity index (χ1v) is 10.4. The molecule has 2 heterocycles. The lowest BCUT2D eigenvalue weighted by Gasteiger charge is -2.29. The molecule has 5 nitrogen and oxygen atoms in total. The van der Waals surface area contributed by atoms with Gasteiger partial charge in [-0.2, -0.15) is 0 Å². The lowest BCUT2D eigenvalue weighted by molar-refractivity contribution is 0.0937. The van der Waals surface area contributed by atoms with Gasteiger partial charge in [0.15, 0.2) is 6.73 Å². The minimum Gasteiger partial charge on any atom is -0.493 e. The molecule has 1 amide bonds. The van der Waals surface area contributed by atoms with E-state index in [-0.39, 0.29) is 12.6 Å². The first-order valence-electron chi connectivity index (χ1n) is 10.4. The smallest absolute Gasteiger partial charge is 0.264 e. The molecule has 3 aromatic rings. The molecule has 0 spiro atoms. The molecule has 0 aromatic heterocycles. The van der Waals surface area contributed by atoms with Crippen LogP contribution in [-0.4, -0.2) is 32.3 Å². The van der Waals surface area contributed by atoms with Gasteiger partial charge in [0.05, 0.1) is 12.2 Å². The Kier molecular flexibility index (Phi) is 5.11. The summed E-state index contributed by atoms with van der Waals surface area (Å²) in [6.07, 6.45) is 1.16. The molecule has 3 aromatic carbocycles. The van der Waals surface area contributed by atoms with Gasteiger partial charge in [-0.15, -0.1) is 0 Å². The van der Waals surface area contributed by atoms with Gasteiger partial charge in [0.1, 0.15) is 11.5 Å². The summed E-state index contributed by atoms with van der Waals surface area (Å²) in [5, 5.41) is 3.35. The normalized spacial score (nSPS) is 18.1. The molecule has 1 atom stereocenters. The van der Waals surface area contributed by atoms with Crippen molar-refractivity contribution >= 4 is 11.6 Å². The van der Waals surface area contributed by atoms with Crippen LogP contribution in [0.1, 0.15) is 16.8 Å². The third-order valence-electron chi connectivity index (χ3n) is 5.71. The summed E-state index contributed by atoms with van der Waals surface area (Å²) in [7, 11) is 0. The molecular formula is C25H24N2O3. The van der Waals surface area contributed by atoms with Gasteiger partial charge in [-0.05, 0) is 60.5 Å². The van der Waals surface area contributed by atoms with Gasteiger partial charge in [-0.25, -0.2) is 0 Å². The van der Waals surface area contributed by atoms with Crippen LogP contribution in [0.3, 0.4) is 0 Å². The Balaban J connectivity index is 1.29. The van der Waals surface area contributed by atoms with Crippen LogP contribution in [0.5, 0.6) is 11.5 Å². The summed E-state index contributed by atoms with van der Waals surface area (Å²) in [5.41, 5.74) is 3.51. The molecule has 2 aliphatic rings. The number of nitrogens with one attached hydrogen (secondary N) is 1. The molecule has 30 heavy (non-hydrogen) atoms. The summed E-state index contributed by atoms with van der Waals surface area (Å²) >= 11 is 0. The molecule has 1 fully saturated rings. The zero-order chi connectivity index (χ0) is 20.3. The van der Waals surface area contributed by atoms with Crippen LogP contribution in [0.4, 0.5) is 5.69 Å². The SMILES string of the molecule is O=C1c2ccc(-c3ccccc3)cc2OCN1c1ccc(OCC2CCNC2)cc1. The van der Waals surface area contributed by atoms with E-state index in [1.807, 2.05) is 72.8 Å². The maximum absolute atomic E-state index is 13.1. The van der Waals surface area contributed by atoms with E-state index in [1.54, 1.807) is 4.90 Å². The van der Waals surface area contributed by atoms with Crippen LogP contribution in [-0.2, 0) is 0 Å². The van der Waals surface area contributed by atoms with Crippen molar-refractivity contribution < 1.29 is 14.3 Å². The third kappa shape index (κ3) is 3.76. The standard InChI is InChI=1S/C25H24N2O3/c28-25-23-11-6-20(19-4-2-1-3-5-19)14-24(23)30-17-27(25)21-7-9-22(10-8-21)29-16-18-12-13-26-15-18/h1-11,14,18,26H,12-13,15-17H2. The van der Waals surface area contributed by atoms with Crippen molar-refractivity contribution in [1.29, 1.82) is 0 Å². The van der Waals surface area contributed by atoms with Crippen LogP contribution >= 0.6 is 0 Å². The predicted molar refractivity (Wildman–Crippen MR) is 117 cm³/mol. The number of rotatable bonds is 5. The van der Waals surface area contributed by atoms with Gasteiger partial charge in [0.25, 0.3) is 5.91 Å². The first-order chi connectivity index (χ1) is 14.8. The molecule has 5 rings (SSSR count). The quantitative estimate of drug-likeness (QED) is 0.692. The Morgan fingerprint density at radius 1 is 1.00 bits per heavy atom. The van der Waals surface area contributed by atoms with Crippen LogP contribution in [0.2, 0.25) is 0 Å². The largest absolute Gasteiger partial charge is 0.493 e. The summed E-state index contributed by atoms with van der Waals surface area (Å²) in [5.74, 6) is 1.97. The average molecular weight is 400 g/mol. The minimum absolute atomic E-state index is 0.0541. The van der Waals surface area contributed by atoms with Crippen molar-refractivity contribution in [3.63, 3.8) is 0 Å². The number of hydrogen-bond acceptors (Lipinski definition) is 4. The lowest BCUT2D eigenvalue weighted by Crippen LogP contribution is -2.38. The topological polar surface area (TPSA) is 50.8 Å². The number of benzene rings is 3. The highest BCUT2D eigenvalue weighted by Gasteiger charge is 2.27. The Bertz CT molecular complexity index is 1030. The average Bonchev–Trinajstić information content (AvgIpc) is 3.33. The second-order valence-electron chi connectivity index (χ2n) is 7.75. The van der Waals surface area contributed by atoms with Crippen molar-refractivity contribution in [2.75, 3.05) is 31.3 Å².